The minimum absolute atomic E-state index is 0.165. The minimum Gasteiger partial charge on any atom is -0.397 e. The molecule has 0 aliphatic heterocycles. The van der Waals surface area contributed by atoms with Gasteiger partial charge in [-0.15, -0.1) is 11.3 Å². The number of thiophene rings is 1. The summed E-state index contributed by atoms with van der Waals surface area (Å²) in [4.78, 5) is 19.1. The topological polar surface area (TPSA) is 68.0 Å². The molecule has 0 unspecified atom stereocenters. The number of benzene rings is 2. The van der Waals surface area contributed by atoms with Gasteiger partial charge in [-0.1, -0.05) is 54.1 Å². The van der Waals surface area contributed by atoms with Gasteiger partial charge in [-0.2, -0.15) is 0 Å². The molecule has 1 aliphatic rings. The van der Waals surface area contributed by atoms with E-state index in [9.17, 15) is 4.79 Å². The van der Waals surface area contributed by atoms with Crippen molar-refractivity contribution in [2.75, 3.05) is 5.73 Å². The van der Waals surface area contributed by atoms with Crippen molar-refractivity contribution in [3.8, 4) is 11.1 Å². The molecule has 30 heavy (non-hydrogen) atoms. The fourth-order valence-corrected chi connectivity index (χ4v) is 5.27. The molecule has 1 amide bonds. The highest BCUT2D eigenvalue weighted by molar-refractivity contribution is 7.21. The summed E-state index contributed by atoms with van der Waals surface area (Å²) < 4.78 is 0. The summed E-state index contributed by atoms with van der Waals surface area (Å²) in [6.45, 7) is 0.460. The lowest BCUT2D eigenvalue weighted by Gasteiger charge is -2.11. The standard InChI is InChI=1S/C24H20ClN3OS/c25-16-11-9-15(10-12-16)19-17-7-4-8-18(17)28-24-20(19)21(26)22(30-24)23(29)27-13-14-5-2-1-3-6-14/h1-3,5-6,9-12H,4,7-8,13,26H2,(H,27,29). The number of nitrogens with zero attached hydrogens (tertiary/aromatic N) is 1. The van der Waals surface area contributed by atoms with Crippen LogP contribution in [0.5, 0.6) is 0 Å². The fraction of sp³-hybridized carbons (Fsp3) is 0.167. The number of nitrogens with one attached hydrogen (secondary N) is 1. The predicted molar refractivity (Wildman–Crippen MR) is 124 cm³/mol. The number of carbonyl (C=O) groups excluding carboxylic acids is 1. The van der Waals surface area contributed by atoms with Crippen molar-refractivity contribution in [2.24, 2.45) is 0 Å². The third-order valence-electron chi connectivity index (χ3n) is 5.54. The first-order valence-electron chi connectivity index (χ1n) is 9.93. The number of aromatic nitrogens is 1. The number of hydrogen-bond donors (Lipinski definition) is 2. The van der Waals surface area contributed by atoms with Gasteiger partial charge in [0.05, 0.1) is 5.69 Å². The van der Waals surface area contributed by atoms with Crippen molar-refractivity contribution in [2.45, 2.75) is 25.8 Å². The number of halogens is 1. The van der Waals surface area contributed by atoms with Crippen molar-refractivity contribution < 1.29 is 4.79 Å². The lowest BCUT2D eigenvalue weighted by Crippen LogP contribution is -2.22. The molecule has 0 saturated heterocycles. The Balaban J connectivity index is 1.59. The van der Waals surface area contributed by atoms with E-state index in [4.69, 9.17) is 22.3 Å². The Kier molecular flexibility index (Phi) is 4.93. The lowest BCUT2D eigenvalue weighted by atomic mass is 9.96. The van der Waals surface area contributed by atoms with Gasteiger partial charge in [-0.3, -0.25) is 4.79 Å². The zero-order valence-electron chi connectivity index (χ0n) is 16.2. The van der Waals surface area contributed by atoms with Crippen LogP contribution in [0.25, 0.3) is 21.3 Å². The number of anilines is 1. The van der Waals surface area contributed by atoms with E-state index in [1.165, 1.54) is 16.9 Å². The SMILES string of the molecule is Nc1c(C(=O)NCc2ccccc2)sc2nc3c(c(-c4ccc(Cl)cc4)c12)CCC3. The quantitative estimate of drug-likeness (QED) is 0.439. The zero-order valence-corrected chi connectivity index (χ0v) is 17.8. The van der Waals surface area contributed by atoms with Crippen LogP contribution in [0, 0.1) is 0 Å². The van der Waals surface area contributed by atoms with Crippen molar-refractivity contribution in [3.63, 3.8) is 0 Å². The van der Waals surface area contributed by atoms with Crippen LogP contribution in [0.1, 0.15) is 32.9 Å². The summed E-state index contributed by atoms with van der Waals surface area (Å²) in [6.07, 6.45) is 3.02. The number of rotatable bonds is 4. The molecule has 4 aromatic rings. The van der Waals surface area contributed by atoms with Crippen LogP contribution >= 0.6 is 22.9 Å². The van der Waals surface area contributed by atoms with E-state index in [-0.39, 0.29) is 5.91 Å². The first-order valence-corrected chi connectivity index (χ1v) is 11.1. The number of carbonyl (C=O) groups is 1. The van der Waals surface area contributed by atoms with Crippen LogP contribution in [0.4, 0.5) is 5.69 Å². The summed E-state index contributed by atoms with van der Waals surface area (Å²) in [6, 6.07) is 17.7. The number of nitrogens with two attached hydrogens (primary N) is 1. The van der Waals surface area contributed by atoms with E-state index in [0.717, 1.165) is 51.9 Å². The van der Waals surface area contributed by atoms with E-state index >= 15 is 0 Å². The highest BCUT2D eigenvalue weighted by Gasteiger charge is 2.26. The second kappa shape index (κ2) is 7.74. The van der Waals surface area contributed by atoms with Crippen LogP contribution < -0.4 is 11.1 Å². The largest absolute Gasteiger partial charge is 0.397 e. The highest BCUT2D eigenvalue weighted by Crippen LogP contribution is 2.44. The van der Waals surface area contributed by atoms with Crippen LogP contribution in [-0.2, 0) is 19.4 Å². The highest BCUT2D eigenvalue weighted by atomic mass is 35.5. The molecule has 4 nitrogen and oxygen atoms in total. The average molecular weight is 434 g/mol. The first kappa shape index (κ1) is 19.1. The Bertz CT molecular complexity index is 1250. The van der Waals surface area contributed by atoms with Gasteiger partial charge in [0, 0.05) is 22.6 Å². The van der Waals surface area contributed by atoms with E-state index in [1.807, 2.05) is 54.6 Å². The summed E-state index contributed by atoms with van der Waals surface area (Å²) in [7, 11) is 0. The molecule has 0 bridgehead atoms. The molecule has 6 heteroatoms. The molecule has 0 spiro atoms. The number of fused-ring (bicyclic) bond motifs is 2. The van der Waals surface area contributed by atoms with E-state index < -0.39 is 0 Å². The Hall–Kier alpha value is -2.89. The number of aryl methyl sites for hydroxylation is 1. The maximum atomic E-state index is 12.9. The van der Waals surface area contributed by atoms with Crippen LogP contribution in [0.3, 0.4) is 0 Å². The van der Waals surface area contributed by atoms with Crippen molar-refractivity contribution in [1.29, 1.82) is 0 Å². The predicted octanol–water partition coefficient (Wildman–Crippen LogP) is 5.62. The van der Waals surface area contributed by atoms with Crippen LogP contribution in [0.2, 0.25) is 5.02 Å². The van der Waals surface area contributed by atoms with E-state index in [2.05, 4.69) is 5.32 Å². The Labute approximate surface area is 183 Å². The van der Waals surface area contributed by atoms with Gasteiger partial charge in [0.2, 0.25) is 0 Å². The second-order valence-corrected chi connectivity index (χ2v) is 8.90. The third kappa shape index (κ3) is 3.34. The summed E-state index contributed by atoms with van der Waals surface area (Å²) in [5.41, 5.74) is 12.6. The molecule has 1 aliphatic carbocycles. The first-order chi connectivity index (χ1) is 14.6. The average Bonchev–Trinajstić information content (AvgIpc) is 3.36. The molecule has 150 valence electrons. The lowest BCUT2D eigenvalue weighted by molar-refractivity contribution is 0.0956. The van der Waals surface area contributed by atoms with Crippen molar-refractivity contribution >= 4 is 44.7 Å². The molecular weight excluding hydrogens is 414 g/mol. The normalized spacial score (nSPS) is 12.8. The van der Waals surface area contributed by atoms with Crippen molar-refractivity contribution in [1.82, 2.24) is 10.3 Å². The molecule has 2 aromatic carbocycles. The molecule has 3 N–H and O–H groups in total. The zero-order chi connectivity index (χ0) is 20.7. The molecule has 0 saturated carbocycles. The molecule has 0 fully saturated rings. The molecule has 0 atom stereocenters. The number of hydrogen-bond acceptors (Lipinski definition) is 4. The third-order valence-corrected chi connectivity index (χ3v) is 6.89. The molecule has 2 aromatic heterocycles. The number of nitrogen functional groups attached to an aromatic ring is 1. The van der Waals surface area contributed by atoms with Gasteiger partial charge in [-0.05, 0) is 53.6 Å². The van der Waals surface area contributed by atoms with E-state index in [1.54, 1.807) is 0 Å². The monoisotopic (exact) mass is 433 g/mol. The fourth-order valence-electron chi connectivity index (χ4n) is 4.11. The maximum absolute atomic E-state index is 12.9. The Morgan fingerprint density at radius 1 is 1.10 bits per heavy atom. The van der Waals surface area contributed by atoms with Gasteiger partial charge < -0.3 is 11.1 Å². The van der Waals surface area contributed by atoms with Gasteiger partial charge in [0.15, 0.2) is 0 Å². The summed E-state index contributed by atoms with van der Waals surface area (Å²) in [5, 5.41) is 4.56. The molecule has 2 heterocycles. The molecular formula is C24H20ClN3OS. The maximum Gasteiger partial charge on any atom is 0.263 e. The minimum atomic E-state index is -0.165. The van der Waals surface area contributed by atoms with Crippen LogP contribution in [0.15, 0.2) is 54.6 Å². The number of amides is 1. The van der Waals surface area contributed by atoms with Crippen LogP contribution in [-0.4, -0.2) is 10.9 Å². The smallest absolute Gasteiger partial charge is 0.263 e. The Morgan fingerprint density at radius 2 is 1.87 bits per heavy atom. The van der Waals surface area contributed by atoms with Gasteiger partial charge in [-0.25, -0.2) is 4.98 Å². The van der Waals surface area contributed by atoms with E-state index in [0.29, 0.717) is 22.1 Å². The molecule has 0 radical (unpaired) electrons. The molecule has 5 rings (SSSR count). The van der Waals surface area contributed by atoms with Gasteiger partial charge >= 0.3 is 0 Å². The Morgan fingerprint density at radius 3 is 2.63 bits per heavy atom. The number of pyridine rings is 1. The summed E-state index contributed by atoms with van der Waals surface area (Å²) in [5.74, 6) is -0.165. The van der Waals surface area contributed by atoms with Crippen molar-refractivity contribution in [3.05, 3.63) is 81.3 Å². The van der Waals surface area contributed by atoms with Gasteiger partial charge in [0.1, 0.15) is 9.71 Å². The second-order valence-electron chi connectivity index (χ2n) is 7.47. The van der Waals surface area contributed by atoms with Gasteiger partial charge in [0.25, 0.3) is 5.91 Å². The summed E-state index contributed by atoms with van der Waals surface area (Å²) >= 11 is 7.48.